The quantitative estimate of drug-likeness (QED) is 0.526. The molecule has 0 aliphatic heterocycles. The summed E-state index contributed by atoms with van der Waals surface area (Å²) in [6.07, 6.45) is 3.81. The first-order valence-corrected chi connectivity index (χ1v) is 5.13. The Bertz CT molecular complexity index is 304. The van der Waals surface area contributed by atoms with Gasteiger partial charge in [0.05, 0.1) is 0 Å². The average molecular weight is 204 g/mol. The number of rotatable bonds is 6. The van der Waals surface area contributed by atoms with Crippen molar-refractivity contribution in [1.82, 2.24) is 0 Å². The summed E-state index contributed by atoms with van der Waals surface area (Å²) < 4.78 is 4.87. The van der Waals surface area contributed by atoms with Gasteiger partial charge in [0.15, 0.2) is 0 Å². The van der Waals surface area contributed by atoms with E-state index in [1.165, 1.54) is 5.56 Å². The van der Waals surface area contributed by atoms with E-state index in [-0.39, 0.29) is 5.97 Å². The number of hydrogen-bond donors (Lipinski definition) is 0. The Morgan fingerprint density at radius 2 is 2.07 bits per heavy atom. The van der Waals surface area contributed by atoms with E-state index in [1.54, 1.807) is 6.08 Å². The Balaban J connectivity index is 2.16. The number of carbonyl (C=O) groups is 1. The molecule has 0 aromatic heterocycles. The fourth-order valence-electron chi connectivity index (χ4n) is 1.31. The van der Waals surface area contributed by atoms with Crippen molar-refractivity contribution < 1.29 is 9.53 Å². The van der Waals surface area contributed by atoms with Crippen LogP contribution in [0, 0.1) is 0 Å². The van der Waals surface area contributed by atoms with Crippen LogP contribution in [0.5, 0.6) is 0 Å². The van der Waals surface area contributed by atoms with Gasteiger partial charge in [-0.3, -0.25) is 4.79 Å². The molecule has 0 aliphatic rings. The van der Waals surface area contributed by atoms with Gasteiger partial charge in [-0.25, -0.2) is 0 Å². The lowest BCUT2D eigenvalue weighted by molar-refractivity contribution is -0.142. The predicted molar refractivity (Wildman–Crippen MR) is 60.5 cm³/mol. The van der Waals surface area contributed by atoms with Gasteiger partial charge < -0.3 is 4.74 Å². The Kier molecular flexibility index (Phi) is 5.23. The summed E-state index contributed by atoms with van der Waals surface area (Å²) in [6.45, 7) is 3.79. The zero-order valence-electron chi connectivity index (χ0n) is 8.82. The summed E-state index contributed by atoms with van der Waals surface area (Å²) in [7, 11) is 0. The van der Waals surface area contributed by atoms with Crippen LogP contribution < -0.4 is 0 Å². The second-order valence-electron chi connectivity index (χ2n) is 3.31. The molecule has 0 atom stereocenters. The third kappa shape index (κ3) is 5.01. The second kappa shape index (κ2) is 6.82. The van der Waals surface area contributed by atoms with E-state index < -0.39 is 0 Å². The molecule has 0 bridgehead atoms. The highest BCUT2D eigenvalue weighted by atomic mass is 16.5. The van der Waals surface area contributed by atoms with Gasteiger partial charge in [0, 0.05) is 6.42 Å². The Hall–Kier alpha value is -1.57. The molecule has 2 nitrogen and oxygen atoms in total. The standard InChI is InChI=1S/C13H16O2/c1-2-11-15-13(14)10-6-9-12-7-4-3-5-8-12/h2-5,7-8H,1,6,9-11H2. The molecule has 15 heavy (non-hydrogen) atoms. The van der Waals surface area contributed by atoms with Gasteiger partial charge in [-0.1, -0.05) is 43.0 Å². The molecule has 2 heteroatoms. The van der Waals surface area contributed by atoms with Crippen molar-refractivity contribution in [3.8, 4) is 0 Å². The number of aryl methyl sites for hydroxylation is 1. The molecule has 0 unspecified atom stereocenters. The second-order valence-corrected chi connectivity index (χ2v) is 3.31. The Morgan fingerprint density at radius 3 is 2.73 bits per heavy atom. The van der Waals surface area contributed by atoms with Crippen LogP contribution in [-0.4, -0.2) is 12.6 Å². The third-order valence-electron chi connectivity index (χ3n) is 2.05. The smallest absolute Gasteiger partial charge is 0.306 e. The monoisotopic (exact) mass is 204 g/mol. The summed E-state index contributed by atoms with van der Waals surface area (Å²) in [6, 6.07) is 10.1. The zero-order chi connectivity index (χ0) is 10.9. The van der Waals surface area contributed by atoms with E-state index in [0.717, 1.165) is 12.8 Å². The molecule has 0 amide bonds. The number of hydrogen-bond acceptors (Lipinski definition) is 2. The molecule has 80 valence electrons. The van der Waals surface area contributed by atoms with Crippen molar-refractivity contribution in [3.63, 3.8) is 0 Å². The van der Waals surface area contributed by atoms with Crippen molar-refractivity contribution in [2.75, 3.05) is 6.61 Å². The molecule has 0 fully saturated rings. The topological polar surface area (TPSA) is 26.3 Å². The molecule has 1 rings (SSSR count). The van der Waals surface area contributed by atoms with Gasteiger partial charge >= 0.3 is 5.97 Å². The van der Waals surface area contributed by atoms with Gasteiger partial charge in [-0.2, -0.15) is 0 Å². The van der Waals surface area contributed by atoms with Gasteiger partial charge in [0.2, 0.25) is 0 Å². The Morgan fingerprint density at radius 1 is 1.33 bits per heavy atom. The number of carbonyl (C=O) groups excluding carboxylic acids is 1. The van der Waals surface area contributed by atoms with Crippen LogP contribution >= 0.6 is 0 Å². The highest BCUT2D eigenvalue weighted by Gasteiger charge is 2.01. The first kappa shape index (κ1) is 11.5. The van der Waals surface area contributed by atoms with E-state index in [9.17, 15) is 4.79 Å². The van der Waals surface area contributed by atoms with Crippen molar-refractivity contribution in [2.24, 2.45) is 0 Å². The lowest BCUT2D eigenvalue weighted by atomic mass is 10.1. The molecule has 0 heterocycles. The fourth-order valence-corrected chi connectivity index (χ4v) is 1.31. The molecule has 0 N–H and O–H groups in total. The lowest BCUT2D eigenvalue weighted by Gasteiger charge is -2.02. The van der Waals surface area contributed by atoms with Crippen molar-refractivity contribution in [2.45, 2.75) is 19.3 Å². The van der Waals surface area contributed by atoms with Crippen LogP contribution in [0.25, 0.3) is 0 Å². The van der Waals surface area contributed by atoms with E-state index in [0.29, 0.717) is 13.0 Å². The third-order valence-corrected chi connectivity index (χ3v) is 2.05. The highest BCUT2D eigenvalue weighted by molar-refractivity contribution is 5.69. The molecule has 1 aromatic carbocycles. The summed E-state index contributed by atoms with van der Waals surface area (Å²) in [5.74, 6) is -0.147. The van der Waals surface area contributed by atoms with Crippen LogP contribution in [0.3, 0.4) is 0 Å². The molecule has 0 saturated carbocycles. The molecule has 0 radical (unpaired) electrons. The molecule has 0 saturated heterocycles. The largest absolute Gasteiger partial charge is 0.461 e. The van der Waals surface area contributed by atoms with Crippen LogP contribution in [0.4, 0.5) is 0 Å². The van der Waals surface area contributed by atoms with E-state index in [4.69, 9.17) is 4.74 Å². The van der Waals surface area contributed by atoms with Gasteiger partial charge in [0.25, 0.3) is 0 Å². The number of esters is 1. The molecular formula is C13H16O2. The predicted octanol–water partition coefficient (Wildman–Crippen LogP) is 2.74. The van der Waals surface area contributed by atoms with Crippen molar-refractivity contribution >= 4 is 5.97 Å². The van der Waals surface area contributed by atoms with Crippen LogP contribution in [-0.2, 0) is 16.0 Å². The highest BCUT2D eigenvalue weighted by Crippen LogP contribution is 2.04. The minimum atomic E-state index is -0.147. The first-order valence-electron chi connectivity index (χ1n) is 5.13. The maximum Gasteiger partial charge on any atom is 0.306 e. The van der Waals surface area contributed by atoms with Gasteiger partial charge in [-0.15, -0.1) is 0 Å². The molecule has 0 aliphatic carbocycles. The summed E-state index contributed by atoms with van der Waals surface area (Å²) >= 11 is 0. The molecule has 0 spiro atoms. The van der Waals surface area contributed by atoms with Crippen LogP contribution in [0.15, 0.2) is 43.0 Å². The van der Waals surface area contributed by atoms with Crippen LogP contribution in [0.1, 0.15) is 18.4 Å². The zero-order valence-corrected chi connectivity index (χ0v) is 8.82. The van der Waals surface area contributed by atoms with Crippen molar-refractivity contribution in [3.05, 3.63) is 48.6 Å². The van der Waals surface area contributed by atoms with Crippen LogP contribution in [0.2, 0.25) is 0 Å². The molecule has 1 aromatic rings. The SMILES string of the molecule is C=CCOC(=O)CCCc1ccccc1. The molecular weight excluding hydrogens is 188 g/mol. The maximum atomic E-state index is 11.1. The lowest BCUT2D eigenvalue weighted by Crippen LogP contribution is -2.04. The number of benzene rings is 1. The maximum absolute atomic E-state index is 11.1. The summed E-state index contributed by atoms with van der Waals surface area (Å²) in [5, 5.41) is 0. The average Bonchev–Trinajstić information content (AvgIpc) is 2.28. The summed E-state index contributed by atoms with van der Waals surface area (Å²) in [5.41, 5.74) is 1.26. The van der Waals surface area contributed by atoms with Crippen molar-refractivity contribution in [1.29, 1.82) is 0 Å². The van der Waals surface area contributed by atoms with E-state index >= 15 is 0 Å². The fraction of sp³-hybridized carbons (Fsp3) is 0.308. The Labute approximate surface area is 90.6 Å². The summed E-state index contributed by atoms with van der Waals surface area (Å²) in [4.78, 5) is 11.1. The van der Waals surface area contributed by atoms with E-state index in [2.05, 4.69) is 18.7 Å². The minimum absolute atomic E-state index is 0.147. The van der Waals surface area contributed by atoms with Gasteiger partial charge in [0.1, 0.15) is 6.61 Å². The van der Waals surface area contributed by atoms with Gasteiger partial charge in [-0.05, 0) is 18.4 Å². The number of ether oxygens (including phenoxy) is 1. The minimum Gasteiger partial charge on any atom is -0.461 e. The normalized spacial score (nSPS) is 9.60. The van der Waals surface area contributed by atoms with E-state index in [1.807, 2.05) is 18.2 Å². The first-order chi connectivity index (χ1) is 7.33.